The molecule has 26 heavy (non-hydrogen) atoms. The average molecular weight is 374 g/mol. The van der Waals surface area contributed by atoms with Crippen molar-refractivity contribution in [3.05, 3.63) is 64.2 Å². The van der Waals surface area contributed by atoms with Gasteiger partial charge in [-0.15, -0.1) is 0 Å². The van der Waals surface area contributed by atoms with Gasteiger partial charge in [-0.2, -0.15) is 0 Å². The number of likely N-dealkylation sites (N-methyl/N-ethyl adjacent to an activating group) is 1. The van der Waals surface area contributed by atoms with E-state index >= 15 is 0 Å². The summed E-state index contributed by atoms with van der Waals surface area (Å²) in [4.78, 5) is 25.9. The van der Waals surface area contributed by atoms with Crippen LogP contribution in [-0.4, -0.2) is 36.9 Å². The third-order valence-electron chi connectivity index (χ3n) is 4.14. The Kier molecular flexibility index (Phi) is 7.18. The summed E-state index contributed by atoms with van der Waals surface area (Å²) in [6.07, 6.45) is 0. The van der Waals surface area contributed by atoms with E-state index in [2.05, 4.69) is 10.6 Å². The van der Waals surface area contributed by atoms with Gasteiger partial charge in [-0.3, -0.25) is 14.5 Å². The number of anilines is 1. The van der Waals surface area contributed by atoms with E-state index in [0.717, 1.165) is 22.4 Å². The second-order valence-corrected chi connectivity index (χ2v) is 6.74. The zero-order valence-electron chi connectivity index (χ0n) is 15.3. The molecule has 0 radical (unpaired) electrons. The molecule has 0 aliphatic heterocycles. The number of carbonyl (C=O) groups is 2. The number of hydrogen-bond acceptors (Lipinski definition) is 3. The molecule has 6 heteroatoms. The van der Waals surface area contributed by atoms with Gasteiger partial charge in [0.25, 0.3) is 0 Å². The van der Waals surface area contributed by atoms with E-state index < -0.39 is 0 Å². The number of halogens is 1. The van der Waals surface area contributed by atoms with Crippen LogP contribution >= 0.6 is 11.6 Å². The van der Waals surface area contributed by atoms with Crippen molar-refractivity contribution in [2.75, 3.05) is 25.5 Å². The van der Waals surface area contributed by atoms with Crippen LogP contribution in [0.3, 0.4) is 0 Å². The molecule has 0 aliphatic rings. The summed E-state index contributed by atoms with van der Waals surface area (Å²) in [5, 5.41) is 6.14. The Morgan fingerprint density at radius 2 is 1.77 bits per heavy atom. The highest BCUT2D eigenvalue weighted by Crippen LogP contribution is 2.18. The summed E-state index contributed by atoms with van der Waals surface area (Å²) in [6, 6.07) is 13.2. The molecule has 2 N–H and O–H groups in total. The minimum atomic E-state index is -0.249. The highest BCUT2D eigenvalue weighted by Gasteiger charge is 2.11. The zero-order chi connectivity index (χ0) is 19.1. The first-order chi connectivity index (χ1) is 12.4. The van der Waals surface area contributed by atoms with Gasteiger partial charge in [-0.25, -0.2) is 0 Å². The molecular weight excluding hydrogens is 350 g/mol. The quantitative estimate of drug-likeness (QED) is 0.783. The summed E-state index contributed by atoms with van der Waals surface area (Å²) in [7, 11) is 1.83. The van der Waals surface area contributed by atoms with Crippen LogP contribution in [0.25, 0.3) is 0 Å². The van der Waals surface area contributed by atoms with E-state index in [1.807, 2.05) is 68.3 Å². The molecule has 0 saturated carbocycles. The van der Waals surface area contributed by atoms with Crippen molar-refractivity contribution < 1.29 is 9.59 Å². The van der Waals surface area contributed by atoms with Gasteiger partial charge in [-0.05, 0) is 49.7 Å². The van der Waals surface area contributed by atoms with Gasteiger partial charge < -0.3 is 10.6 Å². The zero-order valence-corrected chi connectivity index (χ0v) is 16.1. The Balaban J connectivity index is 1.78. The van der Waals surface area contributed by atoms with E-state index in [1.165, 1.54) is 0 Å². The second kappa shape index (κ2) is 9.36. The predicted molar refractivity (Wildman–Crippen MR) is 105 cm³/mol. The van der Waals surface area contributed by atoms with Crippen molar-refractivity contribution in [2.24, 2.45) is 0 Å². The number of rotatable bonds is 7. The van der Waals surface area contributed by atoms with Crippen molar-refractivity contribution in [3.8, 4) is 0 Å². The van der Waals surface area contributed by atoms with E-state index in [4.69, 9.17) is 11.6 Å². The highest BCUT2D eigenvalue weighted by atomic mass is 35.5. The Hall–Kier alpha value is -2.37. The van der Waals surface area contributed by atoms with Crippen LogP contribution in [0.15, 0.2) is 42.5 Å². The number of aryl methyl sites for hydroxylation is 1. The summed E-state index contributed by atoms with van der Waals surface area (Å²) in [6.45, 7) is 4.62. The van der Waals surface area contributed by atoms with E-state index in [1.54, 1.807) is 0 Å². The Labute approximate surface area is 159 Å². The van der Waals surface area contributed by atoms with Gasteiger partial charge >= 0.3 is 0 Å². The largest absolute Gasteiger partial charge is 0.346 e. The summed E-state index contributed by atoms with van der Waals surface area (Å²) >= 11 is 6.13. The first-order valence-electron chi connectivity index (χ1n) is 8.41. The average Bonchev–Trinajstić information content (AvgIpc) is 2.59. The molecule has 2 amide bonds. The normalized spacial score (nSPS) is 10.7. The minimum Gasteiger partial charge on any atom is -0.346 e. The Morgan fingerprint density at radius 3 is 2.50 bits per heavy atom. The summed E-state index contributed by atoms with van der Waals surface area (Å²) < 4.78 is 0. The van der Waals surface area contributed by atoms with E-state index in [9.17, 15) is 9.59 Å². The molecule has 5 nitrogen and oxygen atoms in total. The topological polar surface area (TPSA) is 61.4 Å². The fraction of sp³-hybridized carbons (Fsp3) is 0.300. The maximum absolute atomic E-state index is 12.0. The number of amides is 2. The molecular formula is C20H24ClN3O2. The molecule has 0 aromatic heterocycles. The van der Waals surface area contributed by atoms with Crippen molar-refractivity contribution in [2.45, 2.75) is 20.4 Å². The molecule has 2 aromatic carbocycles. The van der Waals surface area contributed by atoms with Crippen LogP contribution in [0.2, 0.25) is 5.02 Å². The lowest BCUT2D eigenvalue weighted by molar-refractivity contribution is -0.124. The van der Waals surface area contributed by atoms with Crippen LogP contribution in [0.1, 0.15) is 16.7 Å². The minimum absolute atomic E-state index is 0.0633. The van der Waals surface area contributed by atoms with Crippen LogP contribution in [-0.2, 0) is 16.1 Å². The molecule has 0 bridgehead atoms. The SMILES string of the molecule is Cc1cccc(NC(=O)CNC(=O)CN(C)Cc2ccccc2Cl)c1C. The maximum Gasteiger partial charge on any atom is 0.243 e. The van der Waals surface area contributed by atoms with Crippen LogP contribution in [0.4, 0.5) is 5.69 Å². The van der Waals surface area contributed by atoms with Crippen molar-refractivity contribution in [3.63, 3.8) is 0 Å². The Morgan fingerprint density at radius 1 is 1.04 bits per heavy atom. The summed E-state index contributed by atoms with van der Waals surface area (Å²) in [5.74, 6) is -0.462. The predicted octanol–water partition coefficient (Wildman–Crippen LogP) is 3.14. The molecule has 0 heterocycles. The first kappa shape index (κ1) is 19.9. The molecule has 0 aliphatic carbocycles. The molecule has 0 unspecified atom stereocenters. The van der Waals surface area contributed by atoms with Crippen LogP contribution in [0.5, 0.6) is 0 Å². The number of nitrogens with zero attached hydrogens (tertiary/aromatic N) is 1. The van der Waals surface area contributed by atoms with Crippen molar-refractivity contribution >= 4 is 29.1 Å². The smallest absolute Gasteiger partial charge is 0.243 e. The molecule has 0 saturated heterocycles. The van der Waals surface area contributed by atoms with Gasteiger partial charge in [0.2, 0.25) is 11.8 Å². The number of nitrogens with one attached hydrogen (secondary N) is 2. The van der Waals surface area contributed by atoms with E-state index in [0.29, 0.717) is 11.6 Å². The monoisotopic (exact) mass is 373 g/mol. The lowest BCUT2D eigenvalue weighted by atomic mass is 10.1. The molecule has 0 fully saturated rings. The second-order valence-electron chi connectivity index (χ2n) is 6.34. The third-order valence-corrected chi connectivity index (χ3v) is 4.51. The third kappa shape index (κ3) is 5.86. The van der Waals surface area contributed by atoms with Gasteiger partial charge in [0.1, 0.15) is 0 Å². The van der Waals surface area contributed by atoms with Gasteiger partial charge in [0.15, 0.2) is 0 Å². The van der Waals surface area contributed by atoms with Gasteiger partial charge in [0, 0.05) is 17.3 Å². The van der Waals surface area contributed by atoms with Crippen molar-refractivity contribution in [1.82, 2.24) is 10.2 Å². The molecule has 2 rings (SSSR count). The van der Waals surface area contributed by atoms with Gasteiger partial charge in [0.05, 0.1) is 13.1 Å². The first-order valence-corrected chi connectivity index (χ1v) is 8.79. The molecule has 2 aromatic rings. The number of hydrogen-bond donors (Lipinski definition) is 2. The lowest BCUT2D eigenvalue weighted by Crippen LogP contribution is -2.39. The standard InChI is InChI=1S/C20H24ClN3O2/c1-14-7-6-10-18(15(14)2)23-19(25)11-22-20(26)13-24(3)12-16-8-4-5-9-17(16)21/h4-10H,11-13H2,1-3H3,(H,22,26)(H,23,25). The fourth-order valence-corrected chi connectivity index (χ4v) is 2.73. The van der Waals surface area contributed by atoms with Gasteiger partial charge in [-0.1, -0.05) is 41.9 Å². The fourth-order valence-electron chi connectivity index (χ4n) is 2.53. The molecule has 138 valence electrons. The van der Waals surface area contributed by atoms with Crippen molar-refractivity contribution in [1.29, 1.82) is 0 Å². The van der Waals surface area contributed by atoms with E-state index in [-0.39, 0.29) is 24.9 Å². The molecule has 0 spiro atoms. The van der Waals surface area contributed by atoms with Crippen LogP contribution < -0.4 is 10.6 Å². The number of benzene rings is 2. The number of carbonyl (C=O) groups excluding carboxylic acids is 2. The Bertz CT molecular complexity index is 792. The van der Waals surface area contributed by atoms with Crippen LogP contribution in [0, 0.1) is 13.8 Å². The molecule has 0 atom stereocenters. The maximum atomic E-state index is 12.0. The lowest BCUT2D eigenvalue weighted by Gasteiger charge is -2.17. The highest BCUT2D eigenvalue weighted by molar-refractivity contribution is 6.31. The summed E-state index contributed by atoms with van der Waals surface area (Å²) in [5.41, 5.74) is 3.84.